The van der Waals surface area contributed by atoms with Crippen LogP contribution in [0.25, 0.3) is 0 Å². The van der Waals surface area contributed by atoms with Crippen molar-refractivity contribution in [2.45, 2.75) is 13.0 Å². The van der Waals surface area contributed by atoms with E-state index in [0.29, 0.717) is 6.61 Å². The fourth-order valence-corrected chi connectivity index (χ4v) is 2.55. The standard InChI is InChI=1S/C16H17BrO3/c1-3-20-13-7-8-14(15(17)10-13)16(18)11-5-4-6-12(9-11)19-2/h4-10,16,18H,3H2,1-2H3. The number of benzene rings is 2. The smallest absolute Gasteiger partial charge is 0.120 e. The number of aliphatic hydroxyl groups is 1. The van der Waals surface area contributed by atoms with Gasteiger partial charge in [0.05, 0.1) is 13.7 Å². The monoisotopic (exact) mass is 336 g/mol. The number of halogens is 1. The van der Waals surface area contributed by atoms with Gasteiger partial charge in [0.2, 0.25) is 0 Å². The number of hydrogen-bond acceptors (Lipinski definition) is 3. The highest BCUT2D eigenvalue weighted by Gasteiger charge is 2.15. The second-order valence-corrected chi connectivity index (χ2v) is 5.15. The number of methoxy groups -OCH3 is 1. The average molecular weight is 337 g/mol. The first kappa shape index (κ1) is 14.9. The lowest BCUT2D eigenvalue weighted by molar-refractivity contribution is 0.219. The van der Waals surface area contributed by atoms with Crippen molar-refractivity contribution in [1.82, 2.24) is 0 Å². The average Bonchev–Trinajstić information content (AvgIpc) is 2.47. The summed E-state index contributed by atoms with van der Waals surface area (Å²) in [6.45, 7) is 2.55. The third-order valence-corrected chi connectivity index (χ3v) is 3.67. The quantitative estimate of drug-likeness (QED) is 0.898. The predicted molar refractivity (Wildman–Crippen MR) is 82.4 cm³/mol. The summed E-state index contributed by atoms with van der Waals surface area (Å²) in [4.78, 5) is 0. The molecule has 20 heavy (non-hydrogen) atoms. The third-order valence-electron chi connectivity index (χ3n) is 2.99. The van der Waals surface area contributed by atoms with Crippen LogP contribution in [-0.2, 0) is 0 Å². The van der Waals surface area contributed by atoms with Gasteiger partial charge in [-0.1, -0.05) is 34.1 Å². The van der Waals surface area contributed by atoms with Gasteiger partial charge in [0, 0.05) is 4.47 Å². The van der Waals surface area contributed by atoms with E-state index in [1.54, 1.807) is 7.11 Å². The van der Waals surface area contributed by atoms with Crippen LogP contribution in [-0.4, -0.2) is 18.8 Å². The molecule has 0 saturated heterocycles. The van der Waals surface area contributed by atoms with Crippen molar-refractivity contribution in [2.75, 3.05) is 13.7 Å². The molecule has 2 aromatic carbocycles. The second-order valence-electron chi connectivity index (χ2n) is 4.30. The predicted octanol–water partition coefficient (Wildman–Crippen LogP) is 3.94. The van der Waals surface area contributed by atoms with Gasteiger partial charge in [-0.05, 0) is 42.3 Å². The molecule has 0 saturated carbocycles. The summed E-state index contributed by atoms with van der Waals surface area (Å²) in [5, 5.41) is 10.5. The first-order chi connectivity index (χ1) is 9.65. The van der Waals surface area contributed by atoms with Gasteiger partial charge in [-0.2, -0.15) is 0 Å². The first-order valence-corrected chi connectivity index (χ1v) is 7.19. The van der Waals surface area contributed by atoms with Crippen LogP contribution in [0, 0.1) is 0 Å². The largest absolute Gasteiger partial charge is 0.497 e. The Hall–Kier alpha value is -1.52. The molecule has 3 nitrogen and oxygen atoms in total. The number of hydrogen-bond donors (Lipinski definition) is 1. The van der Waals surface area contributed by atoms with Crippen molar-refractivity contribution < 1.29 is 14.6 Å². The van der Waals surface area contributed by atoms with E-state index in [1.165, 1.54) is 0 Å². The Morgan fingerprint density at radius 2 is 1.95 bits per heavy atom. The summed E-state index contributed by atoms with van der Waals surface area (Å²) in [5.74, 6) is 1.50. The molecular weight excluding hydrogens is 320 g/mol. The lowest BCUT2D eigenvalue weighted by Gasteiger charge is -2.15. The summed E-state index contributed by atoms with van der Waals surface area (Å²) in [6, 6.07) is 13.0. The van der Waals surface area contributed by atoms with Crippen LogP contribution in [0.5, 0.6) is 11.5 Å². The molecule has 0 aliphatic rings. The third kappa shape index (κ3) is 3.32. The summed E-state index contributed by atoms with van der Waals surface area (Å²) in [5.41, 5.74) is 1.58. The van der Waals surface area contributed by atoms with Gasteiger partial charge in [-0.15, -0.1) is 0 Å². The van der Waals surface area contributed by atoms with Crippen molar-refractivity contribution in [3.63, 3.8) is 0 Å². The molecule has 0 amide bonds. The van der Waals surface area contributed by atoms with E-state index in [4.69, 9.17) is 9.47 Å². The number of aliphatic hydroxyl groups excluding tert-OH is 1. The highest BCUT2D eigenvalue weighted by atomic mass is 79.9. The molecule has 1 N–H and O–H groups in total. The van der Waals surface area contributed by atoms with Gasteiger partial charge in [0.15, 0.2) is 0 Å². The van der Waals surface area contributed by atoms with Crippen LogP contribution < -0.4 is 9.47 Å². The molecule has 0 radical (unpaired) electrons. The molecule has 1 unspecified atom stereocenters. The highest BCUT2D eigenvalue weighted by Crippen LogP contribution is 2.32. The molecule has 2 aromatic rings. The van der Waals surface area contributed by atoms with Crippen LogP contribution in [0.2, 0.25) is 0 Å². The molecule has 0 aliphatic carbocycles. The summed E-state index contributed by atoms with van der Waals surface area (Å²) in [7, 11) is 1.61. The number of rotatable bonds is 5. The van der Waals surface area contributed by atoms with Crippen molar-refractivity contribution in [1.29, 1.82) is 0 Å². The highest BCUT2D eigenvalue weighted by molar-refractivity contribution is 9.10. The second kappa shape index (κ2) is 6.77. The zero-order chi connectivity index (χ0) is 14.5. The van der Waals surface area contributed by atoms with Gasteiger partial charge in [-0.3, -0.25) is 0 Å². The van der Waals surface area contributed by atoms with Crippen molar-refractivity contribution >= 4 is 15.9 Å². The van der Waals surface area contributed by atoms with Gasteiger partial charge in [-0.25, -0.2) is 0 Å². The minimum absolute atomic E-state index is 0.615. The van der Waals surface area contributed by atoms with Crippen LogP contribution in [0.3, 0.4) is 0 Å². The van der Waals surface area contributed by atoms with E-state index in [-0.39, 0.29) is 0 Å². The molecule has 0 heterocycles. The van der Waals surface area contributed by atoms with Crippen LogP contribution >= 0.6 is 15.9 Å². The van der Waals surface area contributed by atoms with Gasteiger partial charge < -0.3 is 14.6 Å². The van der Waals surface area contributed by atoms with E-state index in [1.807, 2.05) is 49.4 Å². The molecule has 1 atom stereocenters. The van der Waals surface area contributed by atoms with Crippen molar-refractivity contribution in [2.24, 2.45) is 0 Å². The lowest BCUT2D eigenvalue weighted by Crippen LogP contribution is -2.02. The van der Waals surface area contributed by atoms with Crippen molar-refractivity contribution in [3.05, 3.63) is 58.1 Å². The van der Waals surface area contributed by atoms with Crippen LogP contribution in [0.1, 0.15) is 24.2 Å². The van der Waals surface area contributed by atoms with Gasteiger partial charge in [0.1, 0.15) is 17.6 Å². The fraction of sp³-hybridized carbons (Fsp3) is 0.250. The molecule has 0 fully saturated rings. The molecule has 2 rings (SSSR count). The SMILES string of the molecule is CCOc1ccc(C(O)c2cccc(OC)c2)c(Br)c1. The lowest BCUT2D eigenvalue weighted by atomic mass is 10.0. The van der Waals surface area contributed by atoms with Crippen LogP contribution in [0.15, 0.2) is 46.9 Å². The van der Waals surface area contributed by atoms with Gasteiger partial charge in [0.25, 0.3) is 0 Å². The van der Waals surface area contributed by atoms with E-state index >= 15 is 0 Å². The Balaban J connectivity index is 2.30. The minimum atomic E-state index is -0.713. The zero-order valence-corrected chi connectivity index (χ0v) is 13.1. The Kier molecular flexibility index (Phi) is 5.04. The normalized spacial score (nSPS) is 12.0. The molecule has 4 heteroatoms. The Labute approximate surface area is 127 Å². The molecule has 0 aliphatic heterocycles. The summed E-state index contributed by atoms with van der Waals surface area (Å²) >= 11 is 3.48. The number of ether oxygens (including phenoxy) is 2. The Morgan fingerprint density at radius 3 is 2.60 bits per heavy atom. The maximum atomic E-state index is 10.5. The molecular formula is C16H17BrO3. The van der Waals surface area contributed by atoms with Crippen molar-refractivity contribution in [3.8, 4) is 11.5 Å². The Morgan fingerprint density at radius 1 is 1.15 bits per heavy atom. The first-order valence-electron chi connectivity index (χ1n) is 6.40. The molecule has 106 valence electrons. The molecule has 0 spiro atoms. The summed E-state index contributed by atoms with van der Waals surface area (Å²) < 4.78 is 11.4. The minimum Gasteiger partial charge on any atom is -0.497 e. The maximum absolute atomic E-state index is 10.5. The van der Waals surface area contributed by atoms with E-state index in [0.717, 1.165) is 27.1 Å². The topological polar surface area (TPSA) is 38.7 Å². The maximum Gasteiger partial charge on any atom is 0.120 e. The Bertz CT molecular complexity index is 584. The summed E-state index contributed by atoms with van der Waals surface area (Å²) in [6.07, 6.45) is -0.713. The van der Waals surface area contributed by atoms with Gasteiger partial charge >= 0.3 is 0 Å². The van der Waals surface area contributed by atoms with Crippen LogP contribution in [0.4, 0.5) is 0 Å². The molecule has 0 bridgehead atoms. The van der Waals surface area contributed by atoms with E-state index < -0.39 is 6.10 Å². The fourth-order valence-electron chi connectivity index (χ4n) is 1.98. The zero-order valence-electron chi connectivity index (χ0n) is 11.5. The molecule has 0 aromatic heterocycles. The van der Waals surface area contributed by atoms with E-state index in [2.05, 4.69) is 15.9 Å². The van der Waals surface area contributed by atoms with E-state index in [9.17, 15) is 5.11 Å².